The molecule has 2 rings (SSSR count). The zero-order valence-corrected chi connectivity index (χ0v) is 15.2. The molecular formula is C21H25FO2. The fourth-order valence-corrected chi connectivity index (χ4v) is 2.68. The second-order valence-corrected chi connectivity index (χ2v) is 8.26. The fraction of sp³-hybridized carbons (Fsp3) is 0.381. The first kappa shape index (κ1) is 18.2. The van der Waals surface area contributed by atoms with Crippen LogP contribution >= 0.6 is 0 Å². The van der Waals surface area contributed by atoms with E-state index < -0.39 is 0 Å². The Kier molecular flexibility index (Phi) is 4.58. The van der Waals surface area contributed by atoms with Gasteiger partial charge in [-0.05, 0) is 47.2 Å². The highest BCUT2D eigenvalue weighted by Gasteiger charge is 2.28. The molecule has 0 unspecified atom stereocenters. The molecule has 0 spiro atoms. The molecule has 0 atom stereocenters. The first-order valence-electron chi connectivity index (χ1n) is 8.09. The largest absolute Gasteiger partial charge is 0.507 e. The predicted octanol–water partition coefficient (Wildman–Crippen LogP) is 5.36. The van der Waals surface area contributed by atoms with Crippen molar-refractivity contribution in [2.45, 2.75) is 52.4 Å². The Balaban J connectivity index is 2.66. The van der Waals surface area contributed by atoms with E-state index in [4.69, 9.17) is 0 Å². The summed E-state index contributed by atoms with van der Waals surface area (Å²) in [5, 5.41) is 10.7. The molecule has 0 aromatic heterocycles. The number of carbonyl (C=O) groups is 1. The maximum Gasteiger partial charge on any atom is 0.193 e. The number of hydrogen-bond donors (Lipinski definition) is 1. The average molecular weight is 328 g/mol. The van der Waals surface area contributed by atoms with Crippen molar-refractivity contribution in [3.05, 3.63) is 64.5 Å². The van der Waals surface area contributed by atoms with E-state index in [2.05, 4.69) is 0 Å². The van der Waals surface area contributed by atoms with E-state index in [9.17, 15) is 14.3 Å². The summed E-state index contributed by atoms with van der Waals surface area (Å²) in [5.41, 5.74) is 1.81. The summed E-state index contributed by atoms with van der Waals surface area (Å²) in [4.78, 5) is 12.8. The number of ketones is 1. The molecule has 0 heterocycles. The highest BCUT2D eigenvalue weighted by atomic mass is 19.1. The molecule has 2 aromatic rings. The summed E-state index contributed by atoms with van der Waals surface area (Å²) in [5.74, 6) is -0.306. The van der Waals surface area contributed by atoms with Gasteiger partial charge in [0.2, 0.25) is 0 Å². The molecule has 1 N–H and O–H groups in total. The zero-order chi connectivity index (χ0) is 18.3. The number of carbonyl (C=O) groups excluding carboxylic acids is 1. The molecular weight excluding hydrogens is 303 g/mol. The lowest BCUT2D eigenvalue weighted by molar-refractivity contribution is 0.103. The molecule has 0 fully saturated rings. The highest BCUT2D eigenvalue weighted by molar-refractivity contribution is 6.09. The van der Waals surface area contributed by atoms with Gasteiger partial charge in [-0.3, -0.25) is 4.79 Å². The Morgan fingerprint density at radius 2 is 1.25 bits per heavy atom. The number of benzene rings is 2. The molecule has 2 aromatic carbocycles. The van der Waals surface area contributed by atoms with Gasteiger partial charge >= 0.3 is 0 Å². The van der Waals surface area contributed by atoms with E-state index in [1.807, 2.05) is 41.5 Å². The molecule has 2 nitrogen and oxygen atoms in total. The Hall–Kier alpha value is -2.16. The van der Waals surface area contributed by atoms with Crippen LogP contribution in [0.5, 0.6) is 5.75 Å². The van der Waals surface area contributed by atoms with Crippen LogP contribution < -0.4 is 0 Å². The van der Waals surface area contributed by atoms with E-state index in [0.29, 0.717) is 11.1 Å². The number of halogens is 1. The molecule has 0 radical (unpaired) electrons. The van der Waals surface area contributed by atoms with Crippen LogP contribution in [0.3, 0.4) is 0 Å². The van der Waals surface area contributed by atoms with Gasteiger partial charge in [-0.2, -0.15) is 0 Å². The van der Waals surface area contributed by atoms with Crippen LogP contribution in [-0.2, 0) is 10.8 Å². The van der Waals surface area contributed by atoms with Crippen LogP contribution in [0.2, 0.25) is 0 Å². The monoisotopic (exact) mass is 328 g/mol. The SMILES string of the molecule is CC(C)(C)c1cc(C(=O)c2ccc(F)cc2)cc(C(C)(C)C)c1O. The van der Waals surface area contributed by atoms with Gasteiger partial charge in [0.15, 0.2) is 5.78 Å². The summed E-state index contributed by atoms with van der Waals surface area (Å²) in [7, 11) is 0. The summed E-state index contributed by atoms with van der Waals surface area (Å²) < 4.78 is 13.1. The molecule has 24 heavy (non-hydrogen) atoms. The molecule has 0 amide bonds. The van der Waals surface area contributed by atoms with Crippen molar-refractivity contribution in [2.24, 2.45) is 0 Å². The lowest BCUT2D eigenvalue weighted by atomic mass is 9.78. The quantitative estimate of drug-likeness (QED) is 0.754. The summed E-state index contributed by atoms with van der Waals surface area (Å²) >= 11 is 0. The van der Waals surface area contributed by atoms with E-state index in [1.165, 1.54) is 24.3 Å². The van der Waals surface area contributed by atoms with Crippen molar-refractivity contribution in [3.63, 3.8) is 0 Å². The maximum atomic E-state index is 13.1. The zero-order valence-electron chi connectivity index (χ0n) is 15.2. The van der Waals surface area contributed by atoms with Crippen molar-refractivity contribution in [2.75, 3.05) is 0 Å². The molecule has 0 aliphatic rings. The minimum atomic E-state index is -0.372. The third-order valence-electron chi connectivity index (χ3n) is 4.09. The normalized spacial score (nSPS) is 12.3. The van der Waals surface area contributed by atoms with Crippen molar-refractivity contribution >= 4 is 5.78 Å². The maximum absolute atomic E-state index is 13.1. The van der Waals surface area contributed by atoms with E-state index in [1.54, 1.807) is 12.1 Å². The molecule has 0 aliphatic heterocycles. The second kappa shape index (κ2) is 6.04. The topological polar surface area (TPSA) is 37.3 Å². The number of hydrogen-bond acceptors (Lipinski definition) is 2. The standard InChI is InChI=1S/C21H25FO2/c1-20(2,3)16-11-14(12-17(19(16)24)21(4,5)6)18(23)13-7-9-15(22)10-8-13/h7-12,24H,1-6H3. The van der Waals surface area contributed by atoms with Gasteiger partial charge in [-0.1, -0.05) is 41.5 Å². The number of phenolic OH excluding ortho intramolecular Hbond substituents is 1. The molecule has 0 bridgehead atoms. The fourth-order valence-electron chi connectivity index (χ4n) is 2.68. The van der Waals surface area contributed by atoms with Crippen molar-refractivity contribution in [1.82, 2.24) is 0 Å². The lowest BCUT2D eigenvalue weighted by Gasteiger charge is -2.28. The molecule has 128 valence electrons. The van der Waals surface area contributed by atoms with Gasteiger partial charge in [0.25, 0.3) is 0 Å². The Morgan fingerprint density at radius 3 is 1.62 bits per heavy atom. The van der Waals surface area contributed by atoms with Gasteiger partial charge in [0, 0.05) is 22.3 Å². The smallest absolute Gasteiger partial charge is 0.193 e. The number of phenols is 1. The first-order chi connectivity index (χ1) is 10.9. The summed E-state index contributed by atoms with van der Waals surface area (Å²) in [6.07, 6.45) is 0. The summed E-state index contributed by atoms with van der Waals surface area (Å²) in [6.45, 7) is 12.0. The Labute approximate surface area is 143 Å². The van der Waals surface area contributed by atoms with Crippen LogP contribution in [0.4, 0.5) is 4.39 Å². The van der Waals surface area contributed by atoms with Gasteiger partial charge in [-0.15, -0.1) is 0 Å². The lowest BCUT2D eigenvalue weighted by Crippen LogP contribution is -2.19. The van der Waals surface area contributed by atoms with Crippen LogP contribution in [0.1, 0.15) is 68.6 Å². The van der Waals surface area contributed by atoms with Crippen LogP contribution in [-0.4, -0.2) is 10.9 Å². The predicted molar refractivity (Wildman–Crippen MR) is 95.3 cm³/mol. The van der Waals surface area contributed by atoms with Crippen LogP contribution in [0.25, 0.3) is 0 Å². The number of rotatable bonds is 2. The molecule has 0 saturated carbocycles. The Morgan fingerprint density at radius 1 is 0.833 bits per heavy atom. The van der Waals surface area contributed by atoms with Crippen molar-refractivity contribution < 1.29 is 14.3 Å². The third-order valence-corrected chi connectivity index (χ3v) is 4.09. The third kappa shape index (κ3) is 3.66. The van der Waals surface area contributed by atoms with Crippen LogP contribution in [0.15, 0.2) is 36.4 Å². The van der Waals surface area contributed by atoms with E-state index in [0.717, 1.165) is 11.1 Å². The molecule has 3 heteroatoms. The minimum absolute atomic E-state index is 0.175. The van der Waals surface area contributed by atoms with Gasteiger partial charge in [0.1, 0.15) is 11.6 Å². The second-order valence-electron chi connectivity index (χ2n) is 8.26. The molecule has 0 aliphatic carbocycles. The highest BCUT2D eigenvalue weighted by Crippen LogP contribution is 2.40. The number of aromatic hydroxyl groups is 1. The van der Waals surface area contributed by atoms with Gasteiger partial charge in [-0.25, -0.2) is 4.39 Å². The van der Waals surface area contributed by atoms with E-state index >= 15 is 0 Å². The van der Waals surface area contributed by atoms with Crippen molar-refractivity contribution in [1.29, 1.82) is 0 Å². The molecule has 0 saturated heterocycles. The summed E-state index contributed by atoms with van der Waals surface area (Å²) in [6, 6.07) is 9.02. The van der Waals surface area contributed by atoms with Crippen molar-refractivity contribution in [3.8, 4) is 5.75 Å². The first-order valence-corrected chi connectivity index (χ1v) is 8.09. The average Bonchev–Trinajstić information content (AvgIpc) is 2.45. The van der Waals surface area contributed by atoms with E-state index in [-0.39, 0.29) is 28.2 Å². The Bertz CT molecular complexity index is 725. The van der Waals surface area contributed by atoms with Gasteiger partial charge < -0.3 is 5.11 Å². The van der Waals surface area contributed by atoms with Crippen LogP contribution in [0, 0.1) is 5.82 Å². The van der Waals surface area contributed by atoms with Gasteiger partial charge in [0.05, 0.1) is 0 Å². The minimum Gasteiger partial charge on any atom is -0.507 e.